The predicted octanol–water partition coefficient (Wildman–Crippen LogP) is 26.0. The molecule has 4 unspecified atom stereocenters. The van der Waals surface area contributed by atoms with E-state index in [1.54, 1.807) is 87.0 Å². The molecule has 5 saturated heterocycles. The second kappa shape index (κ2) is 67.2. The summed E-state index contributed by atoms with van der Waals surface area (Å²) in [5.74, 6) is 12.8. The number of carbonyl (C=O) groups excluding carboxylic acids is 2. The maximum absolute atomic E-state index is 12.7. The third-order valence-electron chi connectivity index (χ3n) is 19.9. The van der Waals surface area contributed by atoms with Crippen LogP contribution in [-0.4, -0.2) is 177 Å². The molecule has 15 rings (SSSR count). The lowest BCUT2D eigenvalue weighted by atomic mass is 9.99. The van der Waals surface area contributed by atoms with Gasteiger partial charge in [-0.2, -0.15) is 0 Å². The van der Waals surface area contributed by atoms with Crippen LogP contribution in [-0.2, 0) is 31.2 Å². The maximum atomic E-state index is 12.7. The van der Waals surface area contributed by atoms with Crippen LogP contribution >= 0.6 is 94.1 Å². The number of methoxy groups -OCH3 is 2. The van der Waals surface area contributed by atoms with Gasteiger partial charge >= 0.3 is 0 Å². The molecule has 0 spiro atoms. The molecule has 5 aliphatic rings. The number of rotatable bonds is 34. The Bertz CT molecular complexity index is 4450. The van der Waals surface area contributed by atoms with E-state index in [1.807, 2.05) is 156 Å². The number of Topliss-reactive ketones (excluding diaryl/α,β-unsaturated/α-hetero) is 1. The van der Waals surface area contributed by atoms with Crippen molar-refractivity contribution in [3.8, 4) is 28.7 Å². The molecule has 4 atom stereocenters. The number of aliphatic hydroxyl groups excluding tert-OH is 5. The molecule has 5 fully saturated rings. The summed E-state index contributed by atoms with van der Waals surface area (Å²) in [6.07, 6.45) is 8.77. The van der Waals surface area contributed by atoms with Gasteiger partial charge in [-0.25, -0.2) is 0 Å². The lowest BCUT2D eigenvalue weighted by Crippen LogP contribution is -2.33. The predicted molar refractivity (Wildman–Crippen MR) is 563 cm³/mol. The van der Waals surface area contributed by atoms with E-state index < -0.39 is 12.2 Å². The zero-order valence-corrected chi connectivity index (χ0v) is 79.3. The zero-order valence-electron chi connectivity index (χ0n) is 72.7. The standard InChI is InChI=1S/C23H30O2S2.C21H26O4S2.C18H20O5.C18H20O2S2.C10H12S2.C8H8O2.C4H8O.5CH4/c1-3-14-24-21-13-8-10-19(18-21)22(25-15-4-2)23(26-16-9-17-27-23)20-11-6-5-7-12-20;22-10-12-24-19-9-4-6-17(16-19)20(25-13-11-23)21(26-14-5-15-27-21)18-7-2-1-3-8-18;19-9-11-22-16-8-4-7-15(13-16)18(23-12-10-20)17(21)14-5-2-1-3-6-14;1-20-16-10-5-7-14(13-16)17(19)18(21-11-6-12-22-18)15-8-3-2-4-9-15;1-2-5-9(6-3-1)10-11-7-4-8-12-10;1-10-8-4-2-3-7(5-8)6-9;1-2-4-5-3-1;;;;;/h5-8,10-13,18,22H,3-4,9,14-17H2,1-2H3;1-4,6-9,16,20,22-23H,5,10-15H2;1-8,13,18-20H,9-12H2;2-5,7-10,13,17,19H,6,11-12H2,1H3;1-3,5-6,10H,4,7-8H2;2-6H,1H3;1-4H2;5*1H4. The number of aldehydes is 1. The van der Waals surface area contributed by atoms with E-state index in [-0.39, 0.29) is 120 Å². The van der Waals surface area contributed by atoms with E-state index >= 15 is 0 Å². The smallest absolute Gasteiger partial charge is 0.196 e. The molecule has 0 amide bonds. The Labute approximate surface area is 817 Å². The minimum Gasteiger partial charge on any atom is -0.497 e. The summed E-state index contributed by atoms with van der Waals surface area (Å²) in [6.45, 7) is 8.31. The molecule has 10 aromatic rings. The van der Waals surface area contributed by atoms with Crippen LogP contribution in [0, 0.1) is 0 Å². The quantitative estimate of drug-likeness (QED) is 0.0187. The summed E-state index contributed by atoms with van der Waals surface area (Å²) < 4.78 is 50.3. The fraction of sp³-hybridized carbons (Fsp3) is 0.421. The van der Waals surface area contributed by atoms with Gasteiger partial charge in [-0.15, -0.1) is 94.1 Å². The minimum absolute atomic E-state index is 0. The highest BCUT2D eigenvalue weighted by Gasteiger charge is 2.47. The third-order valence-corrected chi connectivity index (χ3v) is 33.3. The van der Waals surface area contributed by atoms with Gasteiger partial charge < -0.3 is 68.2 Å². The van der Waals surface area contributed by atoms with Crippen LogP contribution in [0.1, 0.15) is 197 Å². The van der Waals surface area contributed by atoms with Gasteiger partial charge in [-0.3, -0.25) is 9.59 Å². The van der Waals surface area contributed by atoms with Gasteiger partial charge in [0.15, 0.2) is 5.78 Å². The van der Waals surface area contributed by atoms with E-state index in [9.17, 15) is 19.8 Å². The number of ether oxygens (including phenoxy) is 9. The van der Waals surface area contributed by atoms with Gasteiger partial charge in [-0.1, -0.05) is 263 Å². The number of aliphatic hydroxyl groups is 5. The monoisotopic (exact) mass is 1940 g/mol. The normalized spacial score (nSPS) is 15.8. The summed E-state index contributed by atoms with van der Waals surface area (Å²) in [5, 5.41) is 47.4. The van der Waals surface area contributed by atoms with Crippen LogP contribution in [0.4, 0.5) is 0 Å². The number of ketones is 1. The van der Waals surface area contributed by atoms with Gasteiger partial charge in [0, 0.05) is 30.9 Å². The first-order valence-electron chi connectivity index (χ1n) is 43.3. The van der Waals surface area contributed by atoms with Crippen LogP contribution in [0.2, 0.25) is 0 Å². The van der Waals surface area contributed by atoms with Gasteiger partial charge in [-0.05, 0) is 203 Å². The first-order chi connectivity index (χ1) is 61.9. The average Bonchev–Trinajstić information content (AvgIpc) is 1.28. The van der Waals surface area contributed by atoms with Gasteiger partial charge in [0.2, 0.25) is 0 Å². The molecule has 0 bridgehead atoms. The van der Waals surface area contributed by atoms with Gasteiger partial charge in [0.05, 0.1) is 65.0 Å². The number of carbonyl (C=O) groups is 2. The van der Waals surface area contributed by atoms with E-state index in [1.165, 1.54) is 89.4 Å². The van der Waals surface area contributed by atoms with Crippen molar-refractivity contribution in [2.24, 2.45) is 0 Å². The fourth-order valence-corrected chi connectivity index (χ4v) is 27.3. The molecule has 16 nitrogen and oxygen atoms in total. The highest BCUT2D eigenvalue weighted by Crippen LogP contribution is 2.61. The Morgan fingerprint density at radius 2 is 0.733 bits per heavy atom. The summed E-state index contributed by atoms with van der Waals surface area (Å²) in [5.41, 5.74) is 10.2. The van der Waals surface area contributed by atoms with Crippen LogP contribution in [0.25, 0.3) is 0 Å². The molecule has 5 heterocycles. The first-order valence-corrected chi connectivity index (χ1v) is 51.3. The summed E-state index contributed by atoms with van der Waals surface area (Å²) in [4.78, 5) is 22.9. The van der Waals surface area contributed by atoms with Gasteiger partial charge in [0.1, 0.15) is 84.9 Å². The number of benzene rings is 10. The largest absolute Gasteiger partial charge is 0.497 e. The van der Waals surface area contributed by atoms with Gasteiger partial charge in [0.25, 0.3) is 0 Å². The molecule has 24 heteroatoms. The van der Waals surface area contributed by atoms with Crippen LogP contribution in [0.5, 0.6) is 28.7 Å². The Hall–Kier alpha value is -7.02. The van der Waals surface area contributed by atoms with Crippen molar-refractivity contribution < 1.29 is 77.8 Å². The fourth-order valence-electron chi connectivity index (χ4n) is 14.0. The molecule has 131 heavy (non-hydrogen) atoms. The third kappa shape index (κ3) is 37.2. The van der Waals surface area contributed by atoms with Crippen molar-refractivity contribution in [1.82, 2.24) is 0 Å². The average molecular weight is 1940 g/mol. The zero-order chi connectivity index (χ0) is 89.0. The minimum atomic E-state index is -0.817. The second-order valence-corrected chi connectivity index (χ2v) is 40.7. The SMILES string of the molecule is C.C.C.C.C.C1CCOC1.CCCOc1cccc(C(OCCC)C2(c3ccccc3)SCCCS2)c1.COc1cccc(C(O)C2(c3ccccc3)SCCCS2)c1.COc1cccc(C=O)c1.O=C(c1ccccc1)C(OCCO)c1cccc(OCCO)c1.OCCOc1cccc(C(OCCO)C2(c3ccccc3)SCCCS2)c1.c1ccc(C2SCCCS2)cc1. The van der Waals surface area contributed by atoms with Crippen molar-refractivity contribution in [3.63, 3.8) is 0 Å². The van der Waals surface area contributed by atoms with Crippen LogP contribution in [0.3, 0.4) is 0 Å². The first kappa shape index (κ1) is 116. The van der Waals surface area contributed by atoms with E-state index in [0.29, 0.717) is 38.5 Å². The lowest BCUT2D eigenvalue weighted by molar-refractivity contribution is 0.0200. The molecule has 0 saturated carbocycles. The van der Waals surface area contributed by atoms with Crippen LogP contribution < -0.4 is 23.7 Å². The lowest BCUT2D eigenvalue weighted by Gasteiger charge is -2.42. The molecule has 716 valence electrons. The number of hydrogen-bond acceptors (Lipinski definition) is 24. The molecule has 5 aliphatic heterocycles. The van der Waals surface area contributed by atoms with Crippen LogP contribution in [0.15, 0.2) is 273 Å². The number of thioether (sulfide) groups is 8. The van der Waals surface area contributed by atoms with Crippen molar-refractivity contribution in [3.05, 3.63) is 329 Å². The molecular weight excluding hydrogens is 1800 g/mol. The Morgan fingerprint density at radius 1 is 0.382 bits per heavy atom. The topological polar surface area (TPSA) is 218 Å². The summed E-state index contributed by atoms with van der Waals surface area (Å²) in [7, 11) is 3.23. The molecule has 0 radical (unpaired) electrons. The Morgan fingerprint density at radius 3 is 1.15 bits per heavy atom. The van der Waals surface area contributed by atoms with Crippen molar-refractivity contribution in [2.75, 3.05) is 140 Å². The van der Waals surface area contributed by atoms with Crippen molar-refractivity contribution in [1.29, 1.82) is 0 Å². The summed E-state index contributed by atoms with van der Waals surface area (Å²) in [6, 6.07) is 89.5. The van der Waals surface area contributed by atoms with E-state index in [0.717, 1.165) is 91.2 Å². The number of hydrogen-bond donors (Lipinski definition) is 5. The van der Waals surface area contributed by atoms with Crippen molar-refractivity contribution >= 4 is 106 Å². The van der Waals surface area contributed by atoms with Crippen molar-refractivity contribution in [2.45, 2.75) is 144 Å². The van der Waals surface area contributed by atoms with E-state index in [2.05, 4.69) is 153 Å². The Balaban J connectivity index is 0.000000330. The molecule has 0 aromatic heterocycles. The highest BCUT2D eigenvalue weighted by molar-refractivity contribution is 8.19. The Kier molecular flexibility index (Phi) is 59.7. The molecule has 5 N–H and O–H groups in total. The molecule has 0 aliphatic carbocycles. The summed E-state index contributed by atoms with van der Waals surface area (Å²) >= 11 is 15.8. The molecule has 10 aromatic carbocycles. The highest BCUT2D eigenvalue weighted by atomic mass is 32.2. The maximum Gasteiger partial charge on any atom is 0.196 e. The van der Waals surface area contributed by atoms with E-state index in [4.69, 9.17) is 58.0 Å². The molecular formula is C107H144O16S8. The second-order valence-electron chi connectivity index (χ2n) is 29.1.